The van der Waals surface area contributed by atoms with Crippen molar-refractivity contribution in [2.75, 3.05) is 0 Å². The Morgan fingerprint density at radius 2 is 1.13 bits per heavy atom. The number of aryl methyl sites for hydroxylation is 2. The van der Waals surface area contributed by atoms with E-state index in [-0.39, 0.29) is 0 Å². The Labute approximate surface area is 161 Å². The van der Waals surface area contributed by atoms with Gasteiger partial charge in [-0.2, -0.15) is 0 Å². The molecule has 0 spiro atoms. The van der Waals surface area contributed by atoms with E-state index in [2.05, 4.69) is 38.1 Å². The molecule has 23 heavy (non-hydrogen) atoms. The van der Waals surface area contributed by atoms with Gasteiger partial charge in [0.05, 0.1) is 0 Å². The summed E-state index contributed by atoms with van der Waals surface area (Å²) in [6.45, 7) is 4.59. The Morgan fingerprint density at radius 3 is 1.57 bits per heavy atom. The summed E-state index contributed by atoms with van der Waals surface area (Å²) in [6.07, 6.45) is 13.9. The first-order valence-electron chi connectivity index (χ1n) is 9.17. The van der Waals surface area contributed by atoms with Crippen LogP contribution in [-0.2, 0) is 12.8 Å². The molecule has 0 atom stereocenters. The van der Waals surface area contributed by atoms with Crippen molar-refractivity contribution in [1.29, 1.82) is 0 Å². The van der Waals surface area contributed by atoms with Crippen molar-refractivity contribution in [3.63, 3.8) is 0 Å². The summed E-state index contributed by atoms with van der Waals surface area (Å²) in [5.74, 6) is 0. The molecule has 2 aromatic heterocycles. The summed E-state index contributed by atoms with van der Waals surface area (Å²) in [5, 5.41) is 0. The summed E-state index contributed by atoms with van der Waals surface area (Å²) in [7, 11) is 0. The zero-order chi connectivity index (χ0) is 16.3. The normalized spacial score (nSPS) is 11.2. The fourth-order valence-electron chi connectivity index (χ4n) is 2.65. The zero-order valence-corrected chi connectivity index (χ0v) is 19.7. The molecule has 0 aromatic carbocycles. The van der Waals surface area contributed by atoms with Crippen LogP contribution >= 0.6 is 0 Å². The van der Waals surface area contributed by atoms with Crippen LogP contribution in [0, 0.1) is 0 Å². The Hall–Kier alpha value is 0.518. The van der Waals surface area contributed by atoms with Gasteiger partial charge in [-0.15, -0.1) is 0 Å². The molecule has 0 aliphatic carbocycles. The molecule has 2 heterocycles. The first-order valence-corrected chi connectivity index (χ1v) is 14.3. The van der Waals surface area contributed by atoms with E-state index in [1.54, 1.807) is 15.5 Å². The minimum absolute atomic E-state index is 0.656. The Balaban J connectivity index is 1.74. The van der Waals surface area contributed by atoms with Crippen LogP contribution in [0.3, 0.4) is 0 Å². The first-order chi connectivity index (χ1) is 11.3. The van der Waals surface area contributed by atoms with Crippen molar-refractivity contribution in [2.45, 2.75) is 78.1 Å². The van der Waals surface area contributed by atoms with Crippen molar-refractivity contribution in [2.24, 2.45) is 0 Å². The van der Waals surface area contributed by atoms with Crippen molar-refractivity contribution >= 4 is 50.6 Å². The minimum atomic E-state index is 0.656. The molecule has 2 aromatic rings. The van der Waals surface area contributed by atoms with E-state index in [0.29, 0.717) is 44.0 Å². The van der Waals surface area contributed by atoms with Gasteiger partial charge >= 0.3 is 162 Å². The molecule has 0 unspecified atom stereocenters. The van der Waals surface area contributed by atoms with Gasteiger partial charge in [0.2, 0.25) is 0 Å². The molecule has 0 nitrogen and oxygen atoms in total. The molecule has 0 amide bonds. The second-order valence-corrected chi connectivity index (χ2v) is 16.0. The van der Waals surface area contributed by atoms with Crippen LogP contribution in [0.4, 0.5) is 0 Å². The monoisotopic (exact) mass is 510 g/mol. The van der Waals surface area contributed by atoms with E-state index in [1.807, 2.05) is 0 Å². The molecule has 128 valence electrons. The van der Waals surface area contributed by atoms with Crippen molar-refractivity contribution in [1.82, 2.24) is 0 Å². The average Bonchev–Trinajstić information content (AvgIpc) is 3.18. The summed E-state index contributed by atoms with van der Waals surface area (Å²) < 4.78 is 7.07. The molecule has 0 radical (unpaired) electrons. The maximum absolute atomic E-state index is 2.46. The van der Waals surface area contributed by atoms with E-state index >= 15 is 0 Å². The molecule has 0 saturated heterocycles. The molecule has 0 aliphatic rings. The summed E-state index contributed by atoms with van der Waals surface area (Å²) in [6, 6.07) is 9.83. The molecular formula is C20H30Se3. The van der Waals surface area contributed by atoms with Crippen LogP contribution in [0.2, 0.25) is 0 Å². The van der Waals surface area contributed by atoms with Crippen LogP contribution in [0.5, 0.6) is 0 Å². The molecular weight excluding hydrogens is 477 g/mol. The van der Waals surface area contributed by atoms with Gasteiger partial charge in [0.1, 0.15) is 0 Å². The zero-order valence-electron chi connectivity index (χ0n) is 14.6. The third-order valence-corrected chi connectivity index (χ3v) is 13.0. The van der Waals surface area contributed by atoms with Gasteiger partial charge in [0.25, 0.3) is 0 Å². The van der Waals surface area contributed by atoms with E-state index in [9.17, 15) is 0 Å². The summed E-state index contributed by atoms with van der Waals surface area (Å²) in [5.41, 5.74) is 0. The summed E-state index contributed by atoms with van der Waals surface area (Å²) >= 11 is 2.03. The second kappa shape index (κ2) is 12.0. The van der Waals surface area contributed by atoms with Crippen LogP contribution in [-0.4, -0.2) is 44.0 Å². The van der Waals surface area contributed by atoms with E-state index in [0.717, 1.165) is 0 Å². The number of hydrogen-bond donors (Lipinski definition) is 0. The van der Waals surface area contributed by atoms with Crippen molar-refractivity contribution in [3.8, 4) is 0 Å². The summed E-state index contributed by atoms with van der Waals surface area (Å²) in [4.78, 5) is 0. The van der Waals surface area contributed by atoms with Gasteiger partial charge in [-0.25, -0.2) is 0 Å². The third kappa shape index (κ3) is 7.96. The fourth-order valence-corrected chi connectivity index (χ4v) is 13.7. The molecule has 0 aliphatic heterocycles. The third-order valence-electron chi connectivity index (χ3n) is 4.03. The average molecular weight is 507 g/mol. The Bertz CT molecular complexity index is 490. The van der Waals surface area contributed by atoms with Gasteiger partial charge in [-0.3, -0.25) is 0 Å². The standard InChI is InChI=1S/C20H30Se3/c1-3-5-7-9-11-17-13-15-19(21-17)23-20-16-14-18(22-20)12-10-8-6-4-2/h13-16H,3-12H2,1-2H3. The molecule has 3 heteroatoms. The molecule has 0 bridgehead atoms. The van der Waals surface area contributed by atoms with Gasteiger partial charge in [0.15, 0.2) is 0 Å². The molecule has 0 saturated carbocycles. The van der Waals surface area contributed by atoms with Crippen molar-refractivity contribution < 1.29 is 0 Å². The Kier molecular flexibility index (Phi) is 10.3. The van der Waals surface area contributed by atoms with E-state index in [4.69, 9.17) is 0 Å². The predicted octanol–water partition coefficient (Wildman–Crippen LogP) is 3.70. The molecule has 2 rings (SSSR count). The van der Waals surface area contributed by atoms with Crippen LogP contribution in [0.1, 0.15) is 74.1 Å². The predicted molar refractivity (Wildman–Crippen MR) is 107 cm³/mol. The SMILES string of the molecule is CCCCCCc1ccc([Se]c2ccc(CCCCCC)[se]2)[se]1. The Morgan fingerprint density at radius 1 is 0.652 bits per heavy atom. The fraction of sp³-hybridized carbons (Fsp3) is 0.600. The number of unbranched alkanes of at least 4 members (excludes halogenated alkanes) is 6. The quantitative estimate of drug-likeness (QED) is 0.304. The van der Waals surface area contributed by atoms with E-state index < -0.39 is 0 Å². The topological polar surface area (TPSA) is 0 Å². The van der Waals surface area contributed by atoms with E-state index in [1.165, 1.54) is 64.2 Å². The second-order valence-electron chi connectivity index (χ2n) is 6.16. The van der Waals surface area contributed by atoms with Crippen LogP contribution < -0.4 is 6.67 Å². The first kappa shape index (κ1) is 19.8. The van der Waals surface area contributed by atoms with Gasteiger partial charge in [0, 0.05) is 0 Å². The number of hydrogen-bond acceptors (Lipinski definition) is 0. The van der Waals surface area contributed by atoms with Crippen LogP contribution in [0.25, 0.3) is 0 Å². The van der Waals surface area contributed by atoms with Crippen LogP contribution in [0.15, 0.2) is 24.3 Å². The van der Waals surface area contributed by atoms with Gasteiger partial charge in [-0.1, -0.05) is 0 Å². The van der Waals surface area contributed by atoms with Crippen molar-refractivity contribution in [3.05, 3.63) is 33.1 Å². The molecule has 0 N–H and O–H groups in total. The molecule has 0 fully saturated rings. The van der Waals surface area contributed by atoms with Gasteiger partial charge < -0.3 is 0 Å². The maximum atomic E-state index is 2.46. The van der Waals surface area contributed by atoms with Gasteiger partial charge in [-0.05, 0) is 0 Å². The number of rotatable bonds is 12.